The average Bonchev–Trinajstić information content (AvgIpc) is 2.87. The van der Waals surface area contributed by atoms with Crippen LogP contribution in [-0.2, 0) is 17.5 Å². The van der Waals surface area contributed by atoms with Gasteiger partial charge in [-0.25, -0.2) is 0 Å². The summed E-state index contributed by atoms with van der Waals surface area (Å²) in [5, 5.41) is 1.38. The van der Waals surface area contributed by atoms with Crippen molar-refractivity contribution in [2.75, 3.05) is 32.7 Å². The minimum absolute atomic E-state index is 0.144. The number of carbonyl (C=O) groups excluding carboxylic acids is 1. The maximum Gasteiger partial charge on any atom is 0.416 e. The largest absolute Gasteiger partial charge is 0.416 e. The second-order valence-corrected chi connectivity index (χ2v) is 10.0. The topological polar surface area (TPSA) is 32.8 Å². The minimum Gasteiger partial charge on any atom is -0.368 e. The molecule has 1 aliphatic rings. The van der Waals surface area contributed by atoms with Crippen molar-refractivity contribution in [2.45, 2.75) is 18.9 Å². The van der Waals surface area contributed by atoms with E-state index in [9.17, 15) is 18.0 Å². The molecule has 3 aromatic carbocycles. The third-order valence-electron chi connectivity index (χ3n) is 6.22. The van der Waals surface area contributed by atoms with E-state index in [1.54, 1.807) is 35.2 Å². The quantitative estimate of drug-likeness (QED) is 0.297. The van der Waals surface area contributed by atoms with E-state index < -0.39 is 11.7 Å². The van der Waals surface area contributed by atoms with Crippen molar-refractivity contribution >= 4 is 40.7 Å². The summed E-state index contributed by atoms with van der Waals surface area (Å²) >= 11 is 18.2. The Hall–Kier alpha value is -2.29. The van der Waals surface area contributed by atoms with Gasteiger partial charge in [0.1, 0.15) is 0 Å². The van der Waals surface area contributed by atoms with E-state index in [-0.39, 0.29) is 18.6 Å². The van der Waals surface area contributed by atoms with Gasteiger partial charge in [-0.3, -0.25) is 9.69 Å². The summed E-state index contributed by atoms with van der Waals surface area (Å²) in [5.74, 6) is -0.144. The SMILES string of the molecule is O=C(c1ccc(Cl)cc1Cl)N1CCN(CC(OCc2ccc(C(F)(F)F)cc2)c2ccc(Cl)cc2)CC1. The van der Waals surface area contributed by atoms with Crippen molar-refractivity contribution in [3.63, 3.8) is 0 Å². The number of hydrogen-bond acceptors (Lipinski definition) is 3. The van der Waals surface area contributed by atoms with Gasteiger partial charge in [-0.2, -0.15) is 13.2 Å². The summed E-state index contributed by atoms with van der Waals surface area (Å²) in [6.45, 7) is 2.99. The van der Waals surface area contributed by atoms with Crippen LogP contribution in [0.4, 0.5) is 13.2 Å². The van der Waals surface area contributed by atoms with Crippen LogP contribution < -0.4 is 0 Å². The molecule has 196 valence electrons. The fraction of sp³-hybridized carbons (Fsp3) is 0.296. The van der Waals surface area contributed by atoms with Gasteiger partial charge in [0.25, 0.3) is 5.91 Å². The van der Waals surface area contributed by atoms with Crippen molar-refractivity contribution in [1.82, 2.24) is 9.80 Å². The molecule has 0 radical (unpaired) electrons. The monoisotopic (exact) mass is 570 g/mol. The van der Waals surface area contributed by atoms with Crippen molar-refractivity contribution in [1.29, 1.82) is 0 Å². The number of rotatable bonds is 7. The summed E-state index contributed by atoms with van der Waals surface area (Å²) in [7, 11) is 0. The van der Waals surface area contributed by atoms with Crippen molar-refractivity contribution < 1.29 is 22.7 Å². The molecule has 0 spiro atoms. The van der Waals surface area contributed by atoms with Gasteiger partial charge in [0.05, 0.1) is 28.9 Å². The Morgan fingerprint density at radius 1 is 0.865 bits per heavy atom. The fourth-order valence-corrected chi connectivity index (χ4v) is 4.74. The number of nitrogens with zero attached hydrogens (tertiary/aromatic N) is 2. The first-order chi connectivity index (χ1) is 17.6. The molecule has 1 aliphatic heterocycles. The van der Waals surface area contributed by atoms with E-state index in [0.717, 1.165) is 17.7 Å². The van der Waals surface area contributed by atoms with Crippen molar-refractivity contribution in [3.05, 3.63) is 104 Å². The maximum absolute atomic E-state index is 12.9. The zero-order chi connectivity index (χ0) is 26.6. The number of amides is 1. The van der Waals surface area contributed by atoms with E-state index in [4.69, 9.17) is 39.5 Å². The molecular formula is C27H24Cl3F3N2O2. The van der Waals surface area contributed by atoms with Crippen molar-refractivity contribution in [3.8, 4) is 0 Å². The normalized spacial score (nSPS) is 15.6. The van der Waals surface area contributed by atoms with Crippen LogP contribution >= 0.6 is 34.8 Å². The Labute approximate surface area is 228 Å². The highest BCUT2D eigenvalue weighted by molar-refractivity contribution is 6.36. The number of halogens is 6. The van der Waals surface area contributed by atoms with Crippen LogP contribution in [-0.4, -0.2) is 48.4 Å². The molecule has 4 rings (SSSR count). The summed E-state index contributed by atoms with van der Waals surface area (Å²) in [6, 6.07) is 17.1. The highest BCUT2D eigenvalue weighted by atomic mass is 35.5. The molecule has 1 amide bonds. The highest BCUT2D eigenvalue weighted by Crippen LogP contribution is 2.30. The average molecular weight is 572 g/mol. The third-order valence-corrected chi connectivity index (χ3v) is 7.02. The van der Waals surface area contributed by atoms with Crippen LogP contribution in [0.25, 0.3) is 0 Å². The summed E-state index contributed by atoms with van der Waals surface area (Å²) in [6.07, 6.45) is -4.72. The lowest BCUT2D eigenvalue weighted by Gasteiger charge is -2.36. The van der Waals surface area contributed by atoms with Gasteiger partial charge in [0.2, 0.25) is 0 Å². The molecule has 1 atom stereocenters. The van der Waals surface area contributed by atoms with E-state index in [2.05, 4.69) is 4.90 Å². The minimum atomic E-state index is -4.38. The fourth-order valence-electron chi connectivity index (χ4n) is 4.12. The highest BCUT2D eigenvalue weighted by Gasteiger charge is 2.30. The molecule has 3 aromatic rings. The van der Waals surface area contributed by atoms with E-state index in [0.29, 0.717) is 58.9 Å². The predicted octanol–water partition coefficient (Wildman–Crippen LogP) is 7.38. The third kappa shape index (κ3) is 7.39. The van der Waals surface area contributed by atoms with Crippen LogP contribution in [0, 0.1) is 0 Å². The molecule has 0 aromatic heterocycles. The molecule has 1 heterocycles. The number of carbonyl (C=O) groups is 1. The summed E-state index contributed by atoms with van der Waals surface area (Å²) in [4.78, 5) is 16.9. The van der Waals surface area contributed by atoms with Crippen LogP contribution in [0.2, 0.25) is 15.1 Å². The molecule has 4 nitrogen and oxygen atoms in total. The van der Waals surface area contributed by atoms with Gasteiger partial charge in [0, 0.05) is 42.8 Å². The molecule has 1 saturated heterocycles. The summed E-state index contributed by atoms with van der Waals surface area (Å²) in [5.41, 5.74) is 1.27. The Morgan fingerprint density at radius 3 is 2.08 bits per heavy atom. The van der Waals surface area contributed by atoms with Gasteiger partial charge < -0.3 is 9.64 Å². The van der Waals surface area contributed by atoms with Crippen LogP contribution in [0.15, 0.2) is 66.7 Å². The molecule has 0 N–H and O–H groups in total. The standard InChI is InChI=1S/C27H24Cl3F3N2O2/c28-21-7-3-19(4-8-21)25(37-17-18-1-5-20(6-2-18)27(31,32)33)16-34-11-13-35(14-12-34)26(36)23-10-9-22(29)15-24(23)30/h1-10,15,25H,11-14,16-17H2. The summed E-state index contributed by atoms with van der Waals surface area (Å²) < 4.78 is 44.8. The molecule has 1 unspecified atom stereocenters. The number of benzene rings is 3. The molecular weight excluding hydrogens is 548 g/mol. The number of alkyl halides is 3. The lowest BCUT2D eigenvalue weighted by molar-refractivity contribution is -0.137. The maximum atomic E-state index is 12.9. The first-order valence-corrected chi connectivity index (χ1v) is 12.7. The molecule has 0 aliphatic carbocycles. The molecule has 0 bridgehead atoms. The van der Waals surface area contributed by atoms with Crippen LogP contribution in [0.3, 0.4) is 0 Å². The van der Waals surface area contributed by atoms with E-state index in [1.165, 1.54) is 12.1 Å². The Bertz CT molecular complexity index is 1210. The smallest absolute Gasteiger partial charge is 0.368 e. The van der Waals surface area contributed by atoms with Crippen LogP contribution in [0.5, 0.6) is 0 Å². The van der Waals surface area contributed by atoms with Crippen molar-refractivity contribution in [2.24, 2.45) is 0 Å². The Balaban J connectivity index is 1.39. The second kappa shape index (κ2) is 12.0. The number of piperazine rings is 1. The zero-order valence-electron chi connectivity index (χ0n) is 19.6. The van der Waals surface area contributed by atoms with E-state index >= 15 is 0 Å². The number of ether oxygens (including phenoxy) is 1. The second-order valence-electron chi connectivity index (χ2n) is 8.76. The first kappa shape index (κ1) is 27.7. The van der Waals surface area contributed by atoms with Gasteiger partial charge >= 0.3 is 6.18 Å². The predicted molar refractivity (Wildman–Crippen MR) is 139 cm³/mol. The molecule has 37 heavy (non-hydrogen) atoms. The van der Waals surface area contributed by atoms with Gasteiger partial charge in [-0.1, -0.05) is 59.1 Å². The Morgan fingerprint density at radius 2 is 1.49 bits per heavy atom. The number of hydrogen-bond donors (Lipinski definition) is 0. The van der Waals surface area contributed by atoms with Crippen LogP contribution in [0.1, 0.15) is 33.2 Å². The van der Waals surface area contributed by atoms with Gasteiger partial charge in [0.15, 0.2) is 0 Å². The lowest BCUT2D eigenvalue weighted by atomic mass is 10.1. The zero-order valence-corrected chi connectivity index (χ0v) is 21.9. The first-order valence-electron chi connectivity index (χ1n) is 11.6. The Kier molecular flexibility index (Phi) is 9.03. The van der Waals surface area contributed by atoms with Gasteiger partial charge in [-0.05, 0) is 53.6 Å². The van der Waals surface area contributed by atoms with E-state index in [1.807, 2.05) is 12.1 Å². The molecule has 10 heteroatoms. The lowest BCUT2D eigenvalue weighted by Crippen LogP contribution is -2.49. The van der Waals surface area contributed by atoms with Gasteiger partial charge in [-0.15, -0.1) is 0 Å². The molecule has 1 fully saturated rings. The molecule has 0 saturated carbocycles.